The lowest BCUT2D eigenvalue weighted by atomic mass is 10.4. The van der Waals surface area contributed by atoms with E-state index in [1.165, 1.54) is 4.90 Å². The van der Waals surface area contributed by atoms with E-state index in [2.05, 4.69) is 10.2 Å². The van der Waals surface area contributed by atoms with Gasteiger partial charge < -0.3 is 15.0 Å². The minimum absolute atomic E-state index is 0.0154. The Balaban J connectivity index is 1.64. The van der Waals surface area contributed by atoms with Crippen molar-refractivity contribution in [2.75, 3.05) is 59.7 Å². The zero-order chi connectivity index (χ0) is 13.0. The summed E-state index contributed by atoms with van der Waals surface area (Å²) in [5, 5.41) is 2.84. The Hall–Kier alpha value is -1.34. The molecule has 0 aromatic rings. The summed E-state index contributed by atoms with van der Waals surface area (Å²) in [5.41, 5.74) is 0. The number of rotatable bonds is 3. The molecule has 3 amide bonds. The predicted octanol–water partition coefficient (Wildman–Crippen LogP) is -1.24. The summed E-state index contributed by atoms with van der Waals surface area (Å²) in [6, 6.07) is -0.166. The van der Waals surface area contributed by atoms with Gasteiger partial charge in [-0.3, -0.25) is 14.6 Å². The number of amides is 3. The summed E-state index contributed by atoms with van der Waals surface area (Å²) in [6.07, 6.45) is 0. The van der Waals surface area contributed by atoms with Crippen LogP contribution in [0.15, 0.2) is 0 Å². The van der Waals surface area contributed by atoms with Crippen LogP contribution in [0.5, 0.6) is 0 Å². The summed E-state index contributed by atoms with van der Waals surface area (Å²) in [6.45, 7) is 5.35. The maximum atomic E-state index is 11.8. The van der Waals surface area contributed by atoms with Crippen LogP contribution in [0.3, 0.4) is 0 Å². The van der Waals surface area contributed by atoms with Gasteiger partial charge in [-0.15, -0.1) is 0 Å². The summed E-state index contributed by atoms with van der Waals surface area (Å²) >= 11 is 0. The maximum absolute atomic E-state index is 11.8. The lowest BCUT2D eigenvalue weighted by Gasteiger charge is -2.26. The first-order valence-electron chi connectivity index (χ1n) is 6.23. The van der Waals surface area contributed by atoms with Gasteiger partial charge in [-0.1, -0.05) is 0 Å². The van der Waals surface area contributed by atoms with Gasteiger partial charge in [-0.2, -0.15) is 0 Å². The van der Waals surface area contributed by atoms with Crippen molar-refractivity contribution < 1.29 is 14.3 Å². The molecule has 0 spiro atoms. The van der Waals surface area contributed by atoms with Gasteiger partial charge >= 0.3 is 6.03 Å². The van der Waals surface area contributed by atoms with E-state index in [9.17, 15) is 9.59 Å². The average molecular weight is 256 g/mol. The molecular weight excluding hydrogens is 236 g/mol. The van der Waals surface area contributed by atoms with E-state index in [1.807, 2.05) is 0 Å². The molecule has 0 aromatic carbocycles. The maximum Gasteiger partial charge on any atom is 0.319 e. The molecule has 0 atom stereocenters. The van der Waals surface area contributed by atoms with Crippen molar-refractivity contribution in [1.29, 1.82) is 0 Å². The van der Waals surface area contributed by atoms with Crippen molar-refractivity contribution in [1.82, 2.24) is 20.0 Å². The first kappa shape index (κ1) is 13.1. The molecule has 102 valence electrons. The molecule has 2 saturated heterocycles. The quantitative estimate of drug-likeness (QED) is 0.686. The van der Waals surface area contributed by atoms with Crippen molar-refractivity contribution >= 4 is 11.9 Å². The minimum Gasteiger partial charge on any atom is -0.379 e. The number of carbonyl (C=O) groups is 2. The molecule has 2 aliphatic rings. The van der Waals surface area contributed by atoms with Crippen LogP contribution in [0, 0.1) is 0 Å². The van der Waals surface area contributed by atoms with E-state index in [-0.39, 0.29) is 18.5 Å². The third-order valence-electron chi connectivity index (χ3n) is 3.23. The third-order valence-corrected chi connectivity index (χ3v) is 3.23. The topological polar surface area (TPSA) is 65.1 Å². The normalized spacial score (nSPS) is 21.5. The van der Waals surface area contributed by atoms with Crippen molar-refractivity contribution in [3.63, 3.8) is 0 Å². The Bertz CT molecular complexity index is 317. The van der Waals surface area contributed by atoms with Crippen LogP contribution in [0.1, 0.15) is 0 Å². The number of likely N-dealkylation sites (N-methyl/N-ethyl adjacent to an activating group) is 1. The number of urea groups is 1. The predicted molar refractivity (Wildman–Crippen MR) is 65.0 cm³/mol. The van der Waals surface area contributed by atoms with Gasteiger partial charge in [-0.25, -0.2) is 4.79 Å². The fourth-order valence-electron chi connectivity index (χ4n) is 2.06. The molecule has 0 radical (unpaired) electrons. The lowest BCUT2D eigenvalue weighted by molar-refractivity contribution is -0.125. The molecule has 1 N–H and O–H groups in total. The van der Waals surface area contributed by atoms with Gasteiger partial charge in [0.05, 0.1) is 19.9 Å². The summed E-state index contributed by atoms with van der Waals surface area (Å²) in [4.78, 5) is 28.4. The van der Waals surface area contributed by atoms with Gasteiger partial charge in [0.15, 0.2) is 0 Å². The lowest BCUT2D eigenvalue weighted by Crippen LogP contribution is -2.44. The highest BCUT2D eigenvalue weighted by Crippen LogP contribution is 2.03. The molecule has 18 heavy (non-hydrogen) atoms. The van der Waals surface area contributed by atoms with Crippen LogP contribution in [0.25, 0.3) is 0 Å². The molecule has 0 aliphatic carbocycles. The van der Waals surface area contributed by atoms with Crippen LogP contribution in [-0.2, 0) is 9.53 Å². The number of hydrogen-bond acceptors (Lipinski definition) is 4. The van der Waals surface area contributed by atoms with Gasteiger partial charge in [0, 0.05) is 33.2 Å². The van der Waals surface area contributed by atoms with E-state index >= 15 is 0 Å². The smallest absolute Gasteiger partial charge is 0.319 e. The number of nitrogens with zero attached hydrogens (tertiary/aromatic N) is 3. The Kier molecular flexibility index (Phi) is 4.38. The second kappa shape index (κ2) is 6.01. The van der Waals surface area contributed by atoms with E-state index in [1.54, 1.807) is 11.9 Å². The first-order valence-corrected chi connectivity index (χ1v) is 6.23. The van der Waals surface area contributed by atoms with Crippen LogP contribution in [-0.4, -0.2) is 86.3 Å². The van der Waals surface area contributed by atoms with Crippen molar-refractivity contribution in [2.45, 2.75) is 0 Å². The van der Waals surface area contributed by atoms with E-state index in [0.717, 1.165) is 32.8 Å². The molecule has 0 saturated carbocycles. The van der Waals surface area contributed by atoms with Crippen molar-refractivity contribution in [3.8, 4) is 0 Å². The number of carbonyl (C=O) groups excluding carboxylic acids is 2. The van der Waals surface area contributed by atoms with E-state index in [4.69, 9.17) is 4.74 Å². The zero-order valence-corrected chi connectivity index (χ0v) is 10.7. The number of ether oxygens (including phenoxy) is 1. The molecule has 7 nitrogen and oxygen atoms in total. The molecule has 0 bridgehead atoms. The SMILES string of the molecule is CN1CN(C(=O)NCCN2CCOCC2)CC1=O. The Morgan fingerprint density at radius 1 is 1.39 bits per heavy atom. The highest BCUT2D eigenvalue weighted by atomic mass is 16.5. The summed E-state index contributed by atoms with van der Waals surface area (Å²) in [7, 11) is 1.70. The van der Waals surface area contributed by atoms with Gasteiger partial charge in [0.25, 0.3) is 0 Å². The van der Waals surface area contributed by atoms with E-state index in [0.29, 0.717) is 13.2 Å². The molecule has 2 rings (SSSR count). The summed E-state index contributed by atoms with van der Waals surface area (Å²) in [5.74, 6) is -0.0154. The number of hydrogen-bond donors (Lipinski definition) is 1. The molecule has 0 aromatic heterocycles. The van der Waals surface area contributed by atoms with Crippen LogP contribution in [0.2, 0.25) is 0 Å². The van der Waals surface area contributed by atoms with Gasteiger partial charge in [0.2, 0.25) is 5.91 Å². The van der Waals surface area contributed by atoms with E-state index < -0.39 is 0 Å². The Morgan fingerprint density at radius 3 is 2.72 bits per heavy atom. The van der Waals surface area contributed by atoms with Gasteiger partial charge in [-0.05, 0) is 0 Å². The fraction of sp³-hybridized carbons (Fsp3) is 0.818. The molecule has 2 heterocycles. The monoisotopic (exact) mass is 256 g/mol. The van der Waals surface area contributed by atoms with Crippen LogP contribution < -0.4 is 5.32 Å². The summed E-state index contributed by atoms with van der Waals surface area (Å²) < 4.78 is 5.25. The zero-order valence-electron chi connectivity index (χ0n) is 10.7. The number of nitrogens with one attached hydrogen (secondary N) is 1. The second-order valence-corrected chi connectivity index (χ2v) is 4.62. The molecule has 0 unspecified atom stereocenters. The number of morpholine rings is 1. The third kappa shape index (κ3) is 3.33. The largest absolute Gasteiger partial charge is 0.379 e. The molecular formula is C11H20N4O3. The first-order chi connectivity index (χ1) is 8.66. The van der Waals surface area contributed by atoms with Crippen molar-refractivity contribution in [3.05, 3.63) is 0 Å². The Labute approximate surface area is 107 Å². The highest BCUT2D eigenvalue weighted by molar-refractivity contribution is 5.86. The second-order valence-electron chi connectivity index (χ2n) is 4.62. The minimum atomic E-state index is -0.166. The van der Waals surface area contributed by atoms with Crippen molar-refractivity contribution in [2.24, 2.45) is 0 Å². The average Bonchev–Trinajstić information content (AvgIpc) is 2.71. The van der Waals surface area contributed by atoms with Crippen LogP contribution in [0.4, 0.5) is 4.79 Å². The van der Waals surface area contributed by atoms with Gasteiger partial charge in [0.1, 0.15) is 6.54 Å². The molecule has 2 fully saturated rings. The van der Waals surface area contributed by atoms with Crippen LogP contribution >= 0.6 is 0 Å². The molecule has 7 heteroatoms. The molecule has 2 aliphatic heterocycles. The standard InChI is InChI=1S/C11H20N4O3/c1-13-9-15(8-10(13)16)11(17)12-2-3-14-4-6-18-7-5-14/h2-9H2,1H3,(H,12,17). The fourth-order valence-corrected chi connectivity index (χ4v) is 2.06. The highest BCUT2D eigenvalue weighted by Gasteiger charge is 2.27. The Morgan fingerprint density at radius 2 is 2.11 bits per heavy atom.